The summed E-state index contributed by atoms with van der Waals surface area (Å²) < 4.78 is 0. The number of nitrogens with one attached hydrogen (secondary N) is 1. The predicted octanol–water partition coefficient (Wildman–Crippen LogP) is 1.42. The van der Waals surface area contributed by atoms with E-state index in [2.05, 4.69) is 23.3 Å². The highest BCUT2D eigenvalue weighted by atomic mass is 15.0. The van der Waals surface area contributed by atoms with Gasteiger partial charge in [-0.05, 0) is 31.0 Å². The molecule has 58 valence electrons. The lowest BCUT2D eigenvalue weighted by atomic mass is 9.99. The monoisotopic (exact) mass is 148 g/mol. The Hall–Kier alpha value is -0.890. The van der Waals surface area contributed by atoms with Gasteiger partial charge in [-0.15, -0.1) is 0 Å². The van der Waals surface area contributed by atoms with Gasteiger partial charge < -0.3 is 5.32 Å². The molecule has 0 spiro atoms. The van der Waals surface area contributed by atoms with E-state index >= 15 is 0 Å². The highest BCUT2D eigenvalue weighted by molar-refractivity contribution is 5.21. The van der Waals surface area contributed by atoms with Crippen LogP contribution in [0.4, 0.5) is 0 Å². The van der Waals surface area contributed by atoms with Crippen LogP contribution in [-0.2, 0) is 0 Å². The molecule has 1 atom stereocenters. The number of aryl methyl sites for hydroxylation is 1. The van der Waals surface area contributed by atoms with Gasteiger partial charge in [-0.3, -0.25) is 4.98 Å². The molecule has 2 rings (SSSR count). The Morgan fingerprint density at radius 2 is 2.36 bits per heavy atom. The lowest BCUT2D eigenvalue weighted by Gasteiger charge is -2.27. The van der Waals surface area contributed by atoms with Gasteiger partial charge in [0.2, 0.25) is 0 Å². The summed E-state index contributed by atoms with van der Waals surface area (Å²) in [5, 5.41) is 3.35. The highest BCUT2D eigenvalue weighted by Gasteiger charge is 2.17. The van der Waals surface area contributed by atoms with Crippen LogP contribution < -0.4 is 5.32 Å². The first-order chi connectivity index (χ1) is 5.36. The number of aromatic nitrogens is 1. The third kappa shape index (κ3) is 1.26. The van der Waals surface area contributed by atoms with Crippen LogP contribution >= 0.6 is 0 Å². The summed E-state index contributed by atoms with van der Waals surface area (Å²) in [6.45, 7) is 3.23. The molecule has 0 aliphatic carbocycles. The molecule has 1 aromatic heterocycles. The summed E-state index contributed by atoms with van der Waals surface area (Å²) in [5.74, 6) is 0. The molecule has 0 amide bonds. The van der Waals surface area contributed by atoms with Crippen LogP contribution in [0.5, 0.6) is 0 Å². The first kappa shape index (κ1) is 6.80. The lowest BCUT2D eigenvalue weighted by Crippen LogP contribution is -2.34. The Morgan fingerprint density at radius 3 is 2.91 bits per heavy atom. The summed E-state index contributed by atoms with van der Waals surface area (Å²) in [4.78, 5) is 4.15. The van der Waals surface area contributed by atoms with E-state index < -0.39 is 0 Å². The third-order valence-corrected chi connectivity index (χ3v) is 2.12. The molecule has 1 aromatic rings. The van der Waals surface area contributed by atoms with Gasteiger partial charge in [0.15, 0.2) is 0 Å². The second-order valence-corrected chi connectivity index (χ2v) is 3.09. The van der Waals surface area contributed by atoms with Crippen LogP contribution in [0.2, 0.25) is 0 Å². The Balaban J connectivity index is 2.23. The first-order valence-electron chi connectivity index (χ1n) is 4.01. The Morgan fingerprint density at radius 1 is 1.55 bits per heavy atom. The minimum Gasteiger partial charge on any atom is -0.310 e. The minimum absolute atomic E-state index is 0.572. The quantitative estimate of drug-likeness (QED) is 0.651. The molecule has 0 bridgehead atoms. The van der Waals surface area contributed by atoms with Crippen LogP contribution in [-0.4, -0.2) is 11.5 Å². The van der Waals surface area contributed by atoms with E-state index in [1.807, 2.05) is 12.4 Å². The molecule has 2 heteroatoms. The Kier molecular flexibility index (Phi) is 1.62. The number of rotatable bonds is 1. The Bertz CT molecular complexity index is 253. The molecule has 2 nitrogen and oxygen atoms in total. The van der Waals surface area contributed by atoms with Gasteiger partial charge in [0.1, 0.15) is 0 Å². The van der Waals surface area contributed by atoms with Crippen LogP contribution in [0.25, 0.3) is 0 Å². The summed E-state index contributed by atoms with van der Waals surface area (Å²) in [5.41, 5.74) is 2.58. The summed E-state index contributed by atoms with van der Waals surface area (Å²) >= 11 is 0. The molecule has 1 N–H and O–H groups in total. The minimum atomic E-state index is 0.572. The molecule has 1 saturated heterocycles. The van der Waals surface area contributed by atoms with E-state index in [-0.39, 0.29) is 0 Å². The van der Waals surface area contributed by atoms with Gasteiger partial charge in [0.25, 0.3) is 0 Å². The normalized spacial score (nSPS) is 22.8. The topological polar surface area (TPSA) is 24.9 Å². The van der Waals surface area contributed by atoms with E-state index in [4.69, 9.17) is 0 Å². The van der Waals surface area contributed by atoms with Crippen LogP contribution in [0, 0.1) is 6.92 Å². The van der Waals surface area contributed by atoms with Crippen LogP contribution in [0.15, 0.2) is 18.5 Å². The van der Waals surface area contributed by atoms with Crippen molar-refractivity contribution in [2.45, 2.75) is 19.4 Å². The van der Waals surface area contributed by atoms with E-state index in [1.165, 1.54) is 17.5 Å². The maximum Gasteiger partial charge on any atom is 0.0347 e. The fourth-order valence-electron chi connectivity index (χ4n) is 1.34. The third-order valence-electron chi connectivity index (χ3n) is 2.12. The fraction of sp³-hybridized carbons (Fsp3) is 0.444. The zero-order valence-corrected chi connectivity index (χ0v) is 6.67. The maximum absolute atomic E-state index is 4.15. The molecular weight excluding hydrogens is 136 g/mol. The second-order valence-electron chi connectivity index (χ2n) is 3.09. The fourth-order valence-corrected chi connectivity index (χ4v) is 1.34. The molecule has 0 aromatic carbocycles. The molecule has 2 heterocycles. The van der Waals surface area contributed by atoms with Crippen molar-refractivity contribution in [3.05, 3.63) is 29.6 Å². The molecule has 1 aliphatic rings. The van der Waals surface area contributed by atoms with Crippen molar-refractivity contribution in [1.82, 2.24) is 10.3 Å². The van der Waals surface area contributed by atoms with E-state index in [0.29, 0.717) is 6.04 Å². The van der Waals surface area contributed by atoms with Gasteiger partial charge in [-0.1, -0.05) is 6.07 Å². The highest BCUT2D eigenvalue weighted by Crippen LogP contribution is 2.21. The molecule has 0 saturated carbocycles. The lowest BCUT2D eigenvalue weighted by molar-refractivity contribution is 0.382. The SMILES string of the molecule is Cc1cncc([C@@H]2CCN2)c1. The zero-order chi connectivity index (χ0) is 7.68. The van der Waals surface area contributed by atoms with Gasteiger partial charge >= 0.3 is 0 Å². The smallest absolute Gasteiger partial charge is 0.0347 e. The summed E-state index contributed by atoms with van der Waals surface area (Å²) in [7, 11) is 0. The van der Waals surface area contributed by atoms with E-state index in [0.717, 1.165) is 6.54 Å². The van der Waals surface area contributed by atoms with Gasteiger partial charge in [-0.2, -0.15) is 0 Å². The largest absolute Gasteiger partial charge is 0.310 e. The molecular formula is C9H12N2. The van der Waals surface area contributed by atoms with Gasteiger partial charge in [0, 0.05) is 18.4 Å². The summed E-state index contributed by atoms with van der Waals surface area (Å²) in [6, 6.07) is 2.77. The number of hydrogen-bond acceptors (Lipinski definition) is 2. The number of hydrogen-bond donors (Lipinski definition) is 1. The van der Waals surface area contributed by atoms with E-state index in [9.17, 15) is 0 Å². The number of pyridine rings is 1. The van der Waals surface area contributed by atoms with Gasteiger partial charge in [0.05, 0.1) is 0 Å². The molecule has 1 aliphatic heterocycles. The molecule has 1 fully saturated rings. The Labute approximate surface area is 66.7 Å². The second kappa shape index (κ2) is 2.62. The van der Waals surface area contributed by atoms with Crippen molar-refractivity contribution in [2.24, 2.45) is 0 Å². The van der Waals surface area contributed by atoms with Crippen molar-refractivity contribution in [3.8, 4) is 0 Å². The van der Waals surface area contributed by atoms with Gasteiger partial charge in [-0.25, -0.2) is 0 Å². The summed E-state index contributed by atoms with van der Waals surface area (Å²) in [6.07, 6.45) is 5.09. The average Bonchev–Trinajstić information content (AvgIpc) is 1.83. The maximum atomic E-state index is 4.15. The van der Waals surface area contributed by atoms with Crippen LogP contribution in [0.1, 0.15) is 23.6 Å². The zero-order valence-electron chi connectivity index (χ0n) is 6.67. The van der Waals surface area contributed by atoms with Crippen LogP contribution in [0.3, 0.4) is 0 Å². The van der Waals surface area contributed by atoms with Crippen molar-refractivity contribution in [1.29, 1.82) is 0 Å². The van der Waals surface area contributed by atoms with Crippen molar-refractivity contribution >= 4 is 0 Å². The number of nitrogens with zero attached hydrogens (tertiary/aromatic N) is 1. The predicted molar refractivity (Wildman–Crippen MR) is 44.3 cm³/mol. The average molecular weight is 148 g/mol. The van der Waals surface area contributed by atoms with Crippen molar-refractivity contribution < 1.29 is 0 Å². The van der Waals surface area contributed by atoms with Crippen molar-refractivity contribution in [3.63, 3.8) is 0 Å². The van der Waals surface area contributed by atoms with Crippen molar-refractivity contribution in [2.75, 3.05) is 6.54 Å². The first-order valence-corrected chi connectivity index (χ1v) is 4.01. The van der Waals surface area contributed by atoms with E-state index in [1.54, 1.807) is 0 Å². The molecule has 0 unspecified atom stereocenters. The standard InChI is InChI=1S/C9H12N2/c1-7-4-8(6-10-5-7)9-2-3-11-9/h4-6,9,11H,2-3H2,1H3/t9-/m0/s1. The molecule has 0 radical (unpaired) electrons. The molecule has 11 heavy (non-hydrogen) atoms.